The molecule has 2 saturated carbocycles. The molecule has 10 heteroatoms. The van der Waals surface area contributed by atoms with Crippen LogP contribution >= 0.6 is 0 Å². The number of ether oxygens (including phenoxy) is 2. The molecule has 3 N–H and O–H groups in total. The number of carbonyl (C=O) groups excluding carboxylic acids is 4. The fourth-order valence-corrected chi connectivity index (χ4v) is 5.74. The first-order valence-electron chi connectivity index (χ1n) is 13.3. The van der Waals surface area contributed by atoms with Crippen LogP contribution in [0.25, 0.3) is 0 Å². The first kappa shape index (κ1) is 30.6. The number of nitrogens with zero attached hydrogens (tertiary/aromatic N) is 1. The molecule has 0 spiro atoms. The molecule has 2 amide bonds. The molecule has 1 aromatic carbocycles. The molecule has 38 heavy (non-hydrogen) atoms. The van der Waals surface area contributed by atoms with E-state index >= 15 is 0 Å². The summed E-state index contributed by atoms with van der Waals surface area (Å²) in [5.74, 6) is -1.33. The van der Waals surface area contributed by atoms with Gasteiger partial charge in [0.1, 0.15) is 11.1 Å². The van der Waals surface area contributed by atoms with Crippen molar-refractivity contribution >= 4 is 59.2 Å². The van der Waals surface area contributed by atoms with E-state index in [0.29, 0.717) is 43.5 Å². The van der Waals surface area contributed by atoms with Gasteiger partial charge in [-0.1, -0.05) is 25.3 Å². The molecule has 0 saturated heterocycles. The van der Waals surface area contributed by atoms with Gasteiger partial charge in [-0.3, -0.25) is 14.9 Å². The minimum absolute atomic E-state index is 0. The summed E-state index contributed by atoms with van der Waals surface area (Å²) in [4.78, 5) is 52.3. The first-order valence-corrected chi connectivity index (χ1v) is 13.3. The Morgan fingerprint density at radius 1 is 1.05 bits per heavy atom. The zero-order chi connectivity index (χ0) is 27.0. The Hall–Kier alpha value is -1.94. The number of amides is 2. The molecule has 3 aliphatic rings. The van der Waals surface area contributed by atoms with Gasteiger partial charge in [0.2, 0.25) is 0 Å². The van der Waals surface area contributed by atoms with Crippen molar-refractivity contribution in [3.8, 4) is 0 Å². The number of benzene rings is 1. The van der Waals surface area contributed by atoms with E-state index in [0.717, 1.165) is 43.2 Å². The SMILES string of the molecule is CN1Cc2c(C3CCC(N)(C(=O)OC(=O)C4CCCCC4)CC3)ccc(NC(=O)OC(C)(C)C)c2C1=O.[NaH]. The van der Waals surface area contributed by atoms with Crippen LogP contribution in [-0.2, 0) is 25.6 Å². The van der Waals surface area contributed by atoms with Crippen LogP contribution in [0.2, 0.25) is 0 Å². The molecule has 0 unspecified atom stereocenters. The summed E-state index contributed by atoms with van der Waals surface area (Å²) in [6.07, 6.45) is 6.05. The minimum atomic E-state index is -1.19. The maximum atomic E-state index is 13.0. The molecule has 4 rings (SSSR count). The molecule has 0 bridgehead atoms. The van der Waals surface area contributed by atoms with Crippen LogP contribution in [0.5, 0.6) is 0 Å². The van der Waals surface area contributed by atoms with E-state index in [1.54, 1.807) is 38.8 Å². The number of carbonyl (C=O) groups is 4. The van der Waals surface area contributed by atoms with Crippen molar-refractivity contribution < 1.29 is 28.7 Å². The normalized spacial score (nSPS) is 23.8. The summed E-state index contributed by atoms with van der Waals surface area (Å²) >= 11 is 0. The topological polar surface area (TPSA) is 128 Å². The third kappa shape index (κ3) is 6.79. The van der Waals surface area contributed by atoms with Gasteiger partial charge >= 0.3 is 47.6 Å². The van der Waals surface area contributed by atoms with Crippen LogP contribution < -0.4 is 11.1 Å². The van der Waals surface area contributed by atoms with Gasteiger partial charge in [0.05, 0.1) is 17.2 Å². The number of fused-ring (bicyclic) bond motifs is 1. The Bertz CT molecular complexity index is 1080. The van der Waals surface area contributed by atoms with E-state index < -0.39 is 29.2 Å². The van der Waals surface area contributed by atoms with Crippen LogP contribution in [0.4, 0.5) is 10.5 Å². The van der Waals surface area contributed by atoms with Crippen molar-refractivity contribution in [3.05, 3.63) is 28.8 Å². The second-order valence-electron chi connectivity index (χ2n) is 11.8. The molecular weight excluding hydrogens is 497 g/mol. The number of anilines is 1. The number of hydrogen-bond acceptors (Lipinski definition) is 7. The van der Waals surface area contributed by atoms with Gasteiger partial charge in [-0.2, -0.15) is 0 Å². The van der Waals surface area contributed by atoms with E-state index in [1.165, 1.54) is 0 Å². The molecule has 0 radical (unpaired) electrons. The maximum absolute atomic E-state index is 13.0. The molecule has 1 heterocycles. The van der Waals surface area contributed by atoms with Crippen LogP contribution in [0.1, 0.15) is 106 Å². The summed E-state index contributed by atoms with van der Waals surface area (Å²) < 4.78 is 10.6. The predicted octanol–water partition coefficient (Wildman–Crippen LogP) is 3.98. The molecule has 9 nitrogen and oxygen atoms in total. The number of nitrogens with one attached hydrogen (secondary N) is 1. The summed E-state index contributed by atoms with van der Waals surface area (Å²) in [6, 6.07) is 3.69. The Balaban J connectivity index is 0.00000400. The number of rotatable bonds is 4. The van der Waals surface area contributed by atoms with E-state index in [-0.39, 0.29) is 47.3 Å². The number of hydrogen-bond donors (Lipinski definition) is 2. The van der Waals surface area contributed by atoms with Gasteiger partial charge in [-0.15, -0.1) is 0 Å². The molecule has 204 valence electrons. The van der Waals surface area contributed by atoms with E-state index in [2.05, 4.69) is 5.32 Å². The van der Waals surface area contributed by atoms with Crippen molar-refractivity contribution in [2.75, 3.05) is 12.4 Å². The summed E-state index contributed by atoms with van der Waals surface area (Å²) in [7, 11) is 1.73. The zero-order valence-corrected chi connectivity index (χ0v) is 22.4. The fraction of sp³-hybridized carbons (Fsp3) is 0.643. The monoisotopic (exact) mass is 537 g/mol. The van der Waals surface area contributed by atoms with Crippen molar-refractivity contribution in [3.63, 3.8) is 0 Å². The zero-order valence-electron chi connectivity index (χ0n) is 22.4. The number of esters is 2. The predicted molar refractivity (Wildman–Crippen MR) is 145 cm³/mol. The Kier molecular flexibility index (Phi) is 9.72. The average molecular weight is 538 g/mol. The van der Waals surface area contributed by atoms with Crippen molar-refractivity contribution in [1.29, 1.82) is 0 Å². The van der Waals surface area contributed by atoms with E-state index in [9.17, 15) is 19.2 Å². The van der Waals surface area contributed by atoms with E-state index in [1.807, 2.05) is 6.07 Å². The molecule has 0 aromatic heterocycles. The Morgan fingerprint density at radius 3 is 2.29 bits per heavy atom. The Labute approximate surface area is 246 Å². The second-order valence-corrected chi connectivity index (χ2v) is 11.8. The standard InChI is InChI=1S/C28H39N3O6.Na.H/c1-27(2,3)37-26(35)30-21-11-10-19(20-16-31(4)23(32)22(20)21)17-12-14-28(29,15-13-17)25(34)36-24(33)18-8-6-5-7-9-18;;/h10-11,17-18H,5-9,12-16,29H2,1-4H3,(H,30,35);;. The van der Waals surface area contributed by atoms with Gasteiger partial charge in [-0.05, 0) is 82.4 Å². The molecule has 1 aromatic rings. The van der Waals surface area contributed by atoms with Crippen LogP contribution in [-0.4, -0.2) is 76.6 Å². The average Bonchev–Trinajstić information content (AvgIpc) is 3.14. The third-order valence-corrected chi connectivity index (χ3v) is 7.80. The van der Waals surface area contributed by atoms with Crippen LogP contribution in [0.15, 0.2) is 12.1 Å². The van der Waals surface area contributed by atoms with E-state index in [4.69, 9.17) is 15.2 Å². The van der Waals surface area contributed by atoms with Gasteiger partial charge in [-0.25, -0.2) is 9.59 Å². The first-order chi connectivity index (χ1) is 17.4. The second kappa shape index (κ2) is 12.1. The van der Waals surface area contributed by atoms with Crippen LogP contribution in [0.3, 0.4) is 0 Å². The Morgan fingerprint density at radius 2 is 1.68 bits per heavy atom. The summed E-state index contributed by atoms with van der Waals surface area (Å²) in [5, 5.41) is 2.73. The number of nitrogens with two attached hydrogens (primary N) is 1. The van der Waals surface area contributed by atoms with Crippen molar-refractivity contribution in [1.82, 2.24) is 4.90 Å². The van der Waals surface area contributed by atoms with Gasteiger partial charge in [0.25, 0.3) is 5.91 Å². The summed E-state index contributed by atoms with van der Waals surface area (Å²) in [5.41, 5.74) is 7.42. The van der Waals surface area contributed by atoms with Crippen LogP contribution in [0, 0.1) is 5.92 Å². The molecule has 2 fully saturated rings. The molecule has 0 atom stereocenters. The van der Waals surface area contributed by atoms with Crippen molar-refractivity contribution in [2.45, 2.75) is 102 Å². The van der Waals surface area contributed by atoms with Gasteiger partial charge < -0.3 is 20.1 Å². The van der Waals surface area contributed by atoms with Crippen molar-refractivity contribution in [2.24, 2.45) is 11.7 Å². The van der Waals surface area contributed by atoms with Gasteiger partial charge in [0, 0.05) is 13.6 Å². The molecule has 2 aliphatic carbocycles. The third-order valence-electron chi connectivity index (χ3n) is 7.80. The quantitative estimate of drug-likeness (QED) is 0.338. The molecule has 1 aliphatic heterocycles. The van der Waals surface area contributed by atoms with Gasteiger partial charge in [0.15, 0.2) is 0 Å². The fourth-order valence-electron chi connectivity index (χ4n) is 5.74. The summed E-state index contributed by atoms with van der Waals surface area (Å²) in [6.45, 7) is 5.78. The molecular formula is C28H40N3NaO6.